The first-order valence-corrected chi connectivity index (χ1v) is 11.0. The second-order valence-electron chi connectivity index (χ2n) is 8.11. The number of nitrogens with zero attached hydrogens (tertiary/aromatic N) is 1. The number of ketones is 1. The van der Waals surface area contributed by atoms with Crippen LogP contribution in [0.2, 0.25) is 5.02 Å². The van der Waals surface area contributed by atoms with Crippen LogP contribution in [0.5, 0.6) is 17.2 Å². The summed E-state index contributed by atoms with van der Waals surface area (Å²) >= 11 is 6.10. The molecule has 0 bridgehead atoms. The summed E-state index contributed by atoms with van der Waals surface area (Å²) in [6.45, 7) is 1.99. The van der Waals surface area contributed by atoms with Gasteiger partial charge >= 0.3 is 0 Å². The molecular weight excluding hydrogens is 457 g/mol. The molecule has 0 fully saturated rings. The second kappa shape index (κ2) is 8.54. The average Bonchev–Trinajstić information content (AvgIpc) is 3.31. The van der Waals surface area contributed by atoms with Gasteiger partial charge in [-0.1, -0.05) is 17.7 Å². The Morgan fingerprint density at radius 1 is 1.15 bits per heavy atom. The van der Waals surface area contributed by atoms with Crippen LogP contribution in [0.25, 0.3) is 17.0 Å². The van der Waals surface area contributed by atoms with Crippen molar-refractivity contribution in [2.24, 2.45) is 7.05 Å². The van der Waals surface area contributed by atoms with E-state index in [1.165, 1.54) is 12.1 Å². The molecule has 1 aliphatic heterocycles. The number of halogens is 2. The van der Waals surface area contributed by atoms with Gasteiger partial charge in [0.1, 0.15) is 29.7 Å². The largest absolute Gasteiger partial charge is 0.497 e. The monoisotopic (exact) mass is 477 g/mol. The van der Waals surface area contributed by atoms with Gasteiger partial charge in [0.15, 0.2) is 5.76 Å². The highest BCUT2D eigenvalue weighted by atomic mass is 35.5. The van der Waals surface area contributed by atoms with E-state index in [9.17, 15) is 9.18 Å². The van der Waals surface area contributed by atoms with Crippen LogP contribution < -0.4 is 14.2 Å². The number of aromatic nitrogens is 1. The van der Waals surface area contributed by atoms with Crippen molar-refractivity contribution in [3.63, 3.8) is 0 Å². The molecule has 0 atom stereocenters. The minimum Gasteiger partial charge on any atom is -0.497 e. The molecule has 0 spiro atoms. The lowest BCUT2D eigenvalue weighted by atomic mass is 10.1. The van der Waals surface area contributed by atoms with E-state index < -0.39 is 5.82 Å². The van der Waals surface area contributed by atoms with Crippen LogP contribution in [0, 0.1) is 12.7 Å². The number of carbonyl (C=O) groups excluding carboxylic acids is 1. The molecule has 0 unspecified atom stereocenters. The van der Waals surface area contributed by atoms with Crippen LogP contribution in [0.15, 0.2) is 60.5 Å². The van der Waals surface area contributed by atoms with Crippen molar-refractivity contribution in [2.45, 2.75) is 13.5 Å². The van der Waals surface area contributed by atoms with Gasteiger partial charge in [-0.25, -0.2) is 4.39 Å². The average molecular weight is 478 g/mol. The van der Waals surface area contributed by atoms with Gasteiger partial charge in [-0.15, -0.1) is 0 Å². The fourth-order valence-electron chi connectivity index (χ4n) is 4.10. The van der Waals surface area contributed by atoms with E-state index in [0.29, 0.717) is 33.2 Å². The fraction of sp³-hybridized carbons (Fsp3) is 0.148. The minimum absolute atomic E-state index is 0.160. The van der Waals surface area contributed by atoms with Crippen molar-refractivity contribution < 1.29 is 23.4 Å². The van der Waals surface area contributed by atoms with Crippen LogP contribution >= 0.6 is 11.6 Å². The molecule has 0 aliphatic carbocycles. The molecule has 0 saturated carbocycles. The molecular formula is C27H21ClFNO4. The highest BCUT2D eigenvalue weighted by Crippen LogP contribution is 2.40. The zero-order chi connectivity index (χ0) is 24.0. The van der Waals surface area contributed by atoms with E-state index >= 15 is 0 Å². The summed E-state index contributed by atoms with van der Waals surface area (Å²) in [7, 11) is 3.57. The highest BCUT2D eigenvalue weighted by Gasteiger charge is 2.30. The maximum absolute atomic E-state index is 13.3. The smallest absolute Gasteiger partial charge is 0.231 e. The molecule has 3 aromatic carbocycles. The van der Waals surface area contributed by atoms with Gasteiger partial charge in [0.25, 0.3) is 0 Å². The van der Waals surface area contributed by atoms with Crippen molar-refractivity contribution in [3.8, 4) is 17.2 Å². The molecule has 0 N–H and O–H groups in total. The number of hydrogen-bond donors (Lipinski definition) is 0. The van der Waals surface area contributed by atoms with Crippen molar-refractivity contribution in [1.29, 1.82) is 0 Å². The number of allylic oxidation sites excluding steroid dienone is 1. The number of methoxy groups -OCH3 is 1. The van der Waals surface area contributed by atoms with Gasteiger partial charge in [0, 0.05) is 40.8 Å². The lowest BCUT2D eigenvalue weighted by Gasteiger charge is -2.12. The Morgan fingerprint density at radius 3 is 2.74 bits per heavy atom. The van der Waals surface area contributed by atoms with Crippen molar-refractivity contribution in [2.75, 3.05) is 7.11 Å². The van der Waals surface area contributed by atoms with E-state index in [2.05, 4.69) is 0 Å². The third kappa shape index (κ3) is 3.80. The third-order valence-electron chi connectivity index (χ3n) is 5.95. The Balaban J connectivity index is 1.44. The zero-order valence-electron chi connectivity index (χ0n) is 18.8. The first-order valence-electron chi connectivity index (χ1n) is 10.6. The molecule has 172 valence electrons. The summed E-state index contributed by atoms with van der Waals surface area (Å²) in [5.41, 5.74) is 3.71. The Hall–Kier alpha value is -3.77. The molecule has 7 heteroatoms. The topological polar surface area (TPSA) is 49.7 Å². The van der Waals surface area contributed by atoms with Gasteiger partial charge in [0.2, 0.25) is 5.78 Å². The summed E-state index contributed by atoms with van der Waals surface area (Å²) < 4.78 is 32.6. The Labute approximate surface area is 200 Å². The third-order valence-corrected chi connectivity index (χ3v) is 6.30. The predicted octanol–water partition coefficient (Wildman–Crippen LogP) is 6.48. The number of aryl methyl sites for hydroxylation is 1. The van der Waals surface area contributed by atoms with Crippen LogP contribution in [-0.4, -0.2) is 17.5 Å². The standard InChI is InChI=1S/C27H21ClFNO4/c1-15-24(33-14-16-4-5-18(29)11-22(16)28)9-7-20-26(31)25(34-27(15)20)10-17-13-30(2)23-8-6-19(32-3)12-21(17)23/h4-13H,14H2,1-3H3/b25-10+. The van der Waals surface area contributed by atoms with Crippen molar-refractivity contribution >= 4 is 34.4 Å². The molecule has 5 nitrogen and oxygen atoms in total. The molecule has 1 aromatic heterocycles. The lowest BCUT2D eigenvalue weighted by Crippen LogP contribution is -1.99. The molecule has 0 amide bonds. The van der Waals surface area contributed by atoms with Gasteiger partial charge in [-0.05, 0) is 55.5 Å². The number of rotatable bonds is 5. The molecule has 4 aromatic rings. The molecule has 0 saturated heterocycles. The zero-order valence-corrected chi connectivity index (χ0v) is 19.6. The van der Waals surface area contributed by atoms with Crippen LogP contribution in [-0.2, 0) is 13.7 Å². The normalized spacial score (nSPS) is 13.9. The maximum Gasteiger partial charge on any atom is 0.231 e. The van der Waals surface area contributed by atoms with Gasteiger partial charge < -0.3 is 18.8 Å². The summed E-state index contributed by atoms with van der Waals surface area (Å²) in [4.78, 5) is 13.1. The van der Waals surface area contributed by atoms with E-state index in [1.807, 2.05) is 42.9 Å². The number of Topliss-reactive ketones (excluding diaryl/α,β-unsaturated/α-hetero) is 1. The summed E-state index contributed by atoms with van der Waals surface area (Å²) in [6.07, 6.45) is 3.70. The van der Waals surface area contributed by atoms with Gasteiger partial charge in [-0.2, -0.15) is 0 Å². The van der Waals surface area contributed by atoms with Crippen LogP contribution in [0.3, 0.4) is 0 Å². The van der Waals surface area contributed by atoms with Gasteiger partial charge in [0.05, 0.1) is 17.7 Å². The first-order chi connectivity index (χ1) is 16.4. The number of benzene rings is 3. The van der Waals surface area contributed by atoms with E-state index in [1.54, 1.807) is 31.4 Å². The maximum atomic E-state index is 13.3. The second-order valence-corrected chi connectivity index (χ2v) is 8.52. The molecule has 5 rings (SSSR count). The Bertz CT molecular complexity index is 1490. The number of carbonyl (C=O) groups is 1. The Morgan fingerprint density at radius 2 is 1.97 bits per heavy atom. The van der Waals surface area contributed by atoms with Gasteiger partial charge in [-0.3, -0.25) is 4.79 Å². The number of fused-ring (bicyclic) bond motifs is 2. The lowest BCUT2D eigenvalue weighted by molar-refractivity contribution is 0.101. The summed E-state index contributed by atoms with van der Waals surface area (Å²) in [6, 6.07) is 13.4. The van der Waals surface area contributed by atoms with E-state index in [4.69, 9.17) is 25.8 Å². The minimum atomic E-state index is -0.404. The Kier molecular flexibility index (Phi) is 5.54. The fourth-order valence-corrected chi connectivity index (χ4v) is 4.33. The summed E-state index contributed by atoms with van der Waals surface area (Å²) in [5, 5.41) is 1.25. The quantitative estimate of drug-likeness (QED) is 0.308. The number of ether oxygens (including phenoxy) is 3. The van der Waals surface area contributed by atoms with E-state index in [0.717, 1.165) is 22.2 Å². The SMILES string of the molecule is COc1ccc2c(c1)c(/C=C1/Oc3c(ccc(OCc4ccc(F)cc4Cl)c3C)C1=O)cn2C. The van der Waals surface area contributed by atoms with Crippen molar-refractivity contribution in [3.05, 3.63) is 93.6 Å². The predicted molar refractivity (Wildman–Crippen MR) is 129 cm³/mol. The summed E-state index contributed by atoms with van der Waals surface area (Å²) in [5.74, 6) is 1.41. The molecule has 2 heterocycles. The highest BCUT2D eigenvalue weighted by molar-refractivity contribution is 6.31. The molecule has 0 radical (unpaired) electrons. The van der Waals surface area contributed by atoms with Crippen molar-refractivity contribution in [1.82, 2.24) is 4.57 Å². The molecule has 34 heavy (non-hydrogen) atoms. The van der Waals surface area contributed by atoms with Crippen LogP contribution in [0.1, 0.15) is 27.0 Å². The first kappa shape index (κ1) is 22.0. The van der Waals surface area contributed by atoms with E-state index in [-0.39, 0.29) is 18.1 Å². The molecule has 1 aliphatic rings. The number of hydrogen-bond acceptors (Lipinski definition) is 4. The van der Waals surface area contributed by atoms with Crippen LogP contribution in [0.4, 0.5) is 4.39 Å².